The van der Waals surface area contributed by atoms with Crippen LogP contribution >= 0.6 is 11.6 Å². The molecular formula is C13H20ClN3O. The highest BCUT2D eigenvalue weighted by atomic mass is 35.5. The molecular weight excluding hydrogens is 250 g/mol. The van der Waals surface area contributed by atoms with Crippen molar-refractivity contribution in [2.24, 2.45) is 5.92 Å². The van der Waals surface area contributed by atoms with Crippen LogP contribution in [-0.4, -0.2) is 56.8 Å². The van der Waals surface area contributed by atoms with E-state index in [1.165, 1.54) is 0 Å². The minimum absolute atomic E-state index is 0.514. The number of aromatic nitrogens is 1. The van der Waals surface area contributed by atoms with E-state index in [-0.39, 0.29) is 0 Å². The first-order valence-corrected chi connectivity index (χ1v) is 6.62. The minimum atomic E-state index is 0.514. The summed E-state index contributed by atoms with van der Waals surface area (Å²) in [5.41, 5.74) is 0. The third-order valence-corrected chi connectivity index (χ3v) is 3.22. The summed E-state index contributed by atoms with van der Waals surface area (Å²) in [5, 5.41) is 0.676. The Morgan fingerprint density at radius 1 is 1.50 bits per heavy atom. The van der Waals surface area contributed by atoms with Crippen molar-refractivity contribution < 1.29 is 4.74 Å². The van der Waals surface area contributed by atoms with Crippen molar-refractivity contribution in [1.29, 1.82) is 0 Å². The zero-order valence-corrected chi connectivity index (χ0v) is 11.7. The molecule has 0 amide bonds. The van der Waals surface area contributed by atoms with E-state index in [2.05, 4.69) is 28.9 Å². The van der Waals surface area contributed by atoms with Gasteiger partial charge in [0.1, 0.15) is 5.82 Å². The Labute approximate surface area is 114 Å². The van der Waals surface area contributed by atoms with Crippen molar-refractivity contribution >= 4 is 17.4 Å². The Kier molecular flexibility index (Phi) is 4.80. The van der Waals surface area contributed by atoms with Gasteiger partial charge in [-0.15, -0.1) is 0 Å². The maximum Gasteiger partial charge on any atom is 0.128 e. The van der Waals surface area contributed by atoms with Crippen molar-refractivity contribution in [3.05, 3.63) is 23.4 Å². The zero-order valence-electron chi connectivity index (χ0n) is 11.0. The van der Waals surface area contributed by atoms with Crippen LogP contribution in [0.2, 0.25) is 5.02 Å². The molecule has 2 rings (SSSR count). The summed E-state index contributed by atoms with van der Waals surface area (Å²) in [6, 6.07) is 3.86. The number of pyridine rings is 1. The predicted octanol–water partition coefficient (Wildman–Crippen LogP) is 1.75. The fourth-order valence-electron chi connectivity index (χ4n) is 2.27. The van der Waals surface area contributed by atoms with Crippen molar-refractivity contribution in [2.75, 3.05) is 51.8 Å². The van der Waals surface area contributed by atoms with Crippen LogP contribution in [0.4, 0.5) is 5.82 Å². The monoisotopic (exact) mass is 269 g/mol. The maximum atomic E-state index is 5.87. The number of halogens is 1. The van der Waals surface area contributed by atoms with E-state index in [1.54, 1.807) is 6.20 Å². The van der Waals surface area contributed by atoms with E-state index >= 15 is 0 Å². The van der Waals surface area contributed by atoms with Gasteiger partial charge in [0.2, 0.25) is 0 Å². The van der Waals surface area contributed by atoms with Crippen LogP contribution in [0.1, 0.15) is 0 Å². The van der Waals surface area contributed by atoms with Crippen LogP contribution in [0.15, 0.2) is 18.3 Å². The fraction of sp³-hybridized carbons (Fsp3) is 0.615. The molecule has 0 spiro atoms. The number of anilines is 1. The molecule has 1 saturated heterocycles. The Bertz CT molecular complexity index is 369. The van der Waals surface area contributed by atoms with Gasteiger partial charge in [-0.25, -0.2) is 4.98 Å². The molecule has 1 atom stereocenters. The smallest absolute Gasteiger partial charge is 0.128 e. The molecule has 0 aromatic carbocycles. The van der Waals surface area contributed by atoms with Crippen LogP contribution < -0.4 is 4.90 Å². The zero-order chi connectivity index (χ0) is 13.0. The normalized spacial score (nSPS) is 21.1. The minimum Gasteiger partial charge on any atom is -0.379 e. The molecule has 1 aliphatic heterocycles. The molecule has 0 radical (unpaired) electrons. The number of nitrogens with zero attached hydrogens (tertiary/aromatic N) is 3. The molecule has 18 heavy (non-hydrogen) atoms. The largest absolute Gasteiger partial charge is 0.379 e. The van der Waals surface area contributed by atoms with E-state index < -0.39 is 0 Å². The van der Waals surface area contributed by atoms with Gasteiger partial charge in [0.15, 0.2) is 0 Å². The summed E-state index contributed by atoms with van der Waals surface area (Å²) in [6.45, 7) is 4.48. The van der Waals surface area contributed by atoms with E-state index in [9.17, 15) is 0 Å². The Morgan fingerprint density at radius 3 is 3.00 bits per heavy atom. The summed E-state index contributed by atoms with van der Waals surface area (Å²) in [6.07, 6.45) is 1.70. The summed E-state index contributed by atoms with van der Waals surface area (Å²) < 4.78 is 5.66. The molecule has 0 N–H and O–H groups in total. The highest BCUT2D eigenvalue weighted by Crippen LogP contribution is 2.17. The lowest BCUT2D eigenvalue weighted by atomic mass is 10.1. The predicted molar refractivity (Wildman–Crippen MR) is 74.3 cm³/mol. The van der Waals surface area contributed by atoms with E-state index in [4.69, 9.17) is 16.3 Å². The van der Waals surface area contributed by atoms with Crippen LogP contribution in [0, 0.1) is 5.92 Å². The third-order valence-electron chi connectivity index (χ3n) is 3.00. The average Bonchev–Trinajstić information content (AvgIpc) is 2.55. The van der Waals surface area contributed by atoms with Crippen molar-refractivity contribution in [1.82, 2.24) is 9.88 Å². The number of hydrogen-bond donors (Lipinski definition) is 0. The van der Waals surface area contributed by atoms with Crippen LogP contribution in [0.3, 0.4) is 0 Å². The average molecular weight is 270 g/mol. The molecule has 1 unspecified atom stereocenters. The standard InChI is InChI=1S/C13H20ClN3O/c1-16(2)8-11-9-17(5-6-18-10-11)13-4-3-12(14)7-15-13/h3-4,7,11H,5-6,8-10H2,1-2H3. The van der Waals surface area contributed by atoms with Gasteiger partial charge in [-0.3, -0.25) is 0 Å². The van der Waals surface area contributed by atoms with Crippen LogP contribution in [0.5, 0.6) is 0 Å². The first-order valence-electron chi connectivity index (χ1n) is 6.24. The third kappa shape index (κ3) is 3.83. The molecule has 4 nitrogen and oxygen atoms in total. The van der Waals surface area contributed by atoms with Crippen molar-refractivity contribution in [2.45, 2.75) is 0 Å². The second-order valence-electron chi connectivity index (χ2n) is 4.98. The van der Waals surface area contributed by atoms with Gasteiger partial charge in [-0.1, -0.05) is 11.6 Å². The summed E-state index contributed by atoms with van der Waals surface area (Å²) in [5.74, 6) is 1.49. The second-order valence-corrected chi connectivity index (χ2v) is 5.42. The quantitative estimate of drug-likeness (QED) is 0.836. The Balaban J connectivity index is 2.04. The highest BCUT2D eigenvalue weighted by molar-refractivity contribution is 6.30. The summed E-state index contributed by atoms with van der Waals surface area (Å²) >= 11 is 5.87. The highest BCUT2D eigenvalue weighted by Gasteiger charge is 2.20. The molecule has 1 aliphatic rings. The van der Waals surface area contributed by atoms with E-state index in [1.807, 2.05) is 12.1 Å². The number of ether oxygens (including phenoxy) is 1. The van der Waals surface area contributed by atoms with Gasteiger partial charge in [-0.05, 0) is 26.2 Å². The van der Waals surface area contributed by atoms with Gasteiger partial charge in [0.25, 0.3) is 0 Å². The van der Waals surface area contributed by atoms with E-state index in [0.29, 0.717) is 10.9 Å². The first kappa shape index (κ1) is 13.6. The molecule has 1 fully saturated rings. The Hall–Kier alpha value is -0.840. The lowest BCUT2D eigenvalue weighted by Gasteiger charge is -2.26. The number of rotatable bonds is 3. The summed E-state index contributed by atoms with van der Waals surface area (Å²) in [7, 11) is 4.19. The summed E-state index contributed by atoms with van der Waals surface area (Å²) in [4.78, 5) is 8.86. The molecule has 0 aliphatic carbocycles. The van der Waals surface area contributed by atoms with Gasteiger partial charge in [0, 0.05) is 31.7 Å². The molecule has 5 heteroatoms. The topological polar surface area (TPSA) is 28.6 Å². The first-order chi connectivity index (χ1) is 8.65. The number of hydrogen-bond acceptors (Lipinski definition) is 4. The van der Waals surface area contributed by atoms with E-state index in [0.717, 1.165) is 38.7 Å². The fourth-order valence-corrected chi connectivity index (χ4v) is 2.38. The maximum absolute atomic E-state index is 5.87. The van der Waals surface area contributed by atoms with Crippen LogP contribution in [0.25, 0.3) is 0 Å². The van der Waals surface area contributed by atoms with Gasteiger partial charge in [0.05, 0.1) is 18.2 Å². The van der Waals surface area contributed by atoms with Gasteiger partial charge in [-0.2, -0.15) is 0 Å². The van der Waals surface area contributed by atoms with Crippen LogP contribution in [-0.2, 0) is 4.74 Å². The van der Waals surface area contributed by atoms with Crippen molar-refractivity contribution in [3.8, 4) is 0 Å². The Morgan fingerprint density at radius 2 is 2.33 bits per heavy atom. The lowest BCUT2D eigenvalue weighted by Crippen LogP contribution is -2.35. The second kappa shape index (κ2) is 6.36. The molecule has 0 bridgehead atoms. The molecule has 1 aromatic rings. The molecule has 0 saturated carbocycles. The lowest BCUT2D eigenvalue weighted by molar-refractivity contribution is 0.113. The van der Waals surface area contributed by atoms with Gasteiger partial charge < -0.3 is 14.5 Å². The van der Waals surface area contributed by atoms with Crippen molar-refractivity contribution in [3.63, 3.8) is 0 Å². The SMILES string of the molecule is CN(C)CC1COCCN(c2ccc(Cl)cn2)C1. The molecule has 100 valence electrons. The molecule has 1 aromatic heterocycles. The molecule has 2 heterocycles. The van der Waals surface area contributed by atoms with Gasteiger partial charge >= 0.3 is 0 Å².